The number of fused-ring (bicyclic) bond motifs is 1. The zero-order valence-corrected chi connectivity index (χ0v) is 17.1. The fourth-order valence-electron chi connectivity index (χ4n) is 3.48. The molecule has 8 heteroatoms. The lowest BCUT2D eigenvalue weighted by molar-refractivity contribution is -0.116. The second kappa shape index (κ2) is 8.75. The number of carbonyl (C=O) groups is 2. The van der Waals surface area contributed by atoms with Crippen LogP contribution in [0, 0.1) is 0 Å². The average Bonchev–Trinajstić information content (AvgIpc) is 2.71. The number of nitrogens with two attached hydrogens (primary N) is 1. The zero-order chi connectivity index (χ0) is 21.0. The number of hydrogen-bond donors (Lipinski definition) is 2. The van der Waals surface area contributed by atoms with E-state index in [1.54, 1.807) is 0 Å². The van der Waals surface area contributed by atoms with Crippen molar-refractivity contribution in [3.63, 3.8) is 0 Å². The maximum atomic E-state index is 12.5. The lowest BCUT2D eigenvalue weighted by Crippen LogP contribution is -2.16. The third-order valence-corrected chi connectivity index (χ3v) is 5.94. The highest BCUT2D eigenvalue weighted by atomic mass is 32.2. The predicted molar refractivity (Wildman–Crippen MR) is 110 cm³/mol. The molecule has 0 aliphatic heterocycles. The van der Waals surface area contributed by atoms with Crippen molar-refractivity contribution < 1.29 is 22.7 Å². The van der Waals surface area contributed by atoms with Crippen molar-refractivity contribution in [3.05, 3.63) is 53.1 Å². The van der Waals surface area contributed by atoms with Crippen molar-refractivity contribution in [2.24, 2.45) is 5.14 Å². The van der Waals surface area contributed by atoms with E-state index in [2.05, 4.69) is 5.32 Å². The topological polar surface area (TPSA) is 116 Å². The van der Waals surface area contributed by atoms with Gasteiger partial charge in [-0.25, -0.2) is 13.6 Å². The van der Waals surface area contributed by atoms with E-state index in [-0.39, 0.29) is 40.9 Å². The van der Waals surface area contributed by atoms with Crippen molar-refractivity contribution in [1.82, 2.24) is 0 Å². The molecule has 2 aromatic carbocycles. The number of benzene rings is 2. The molecule has 0 atom stereocenters. The minimum Gasteiger partial charge on any atom is -0.495 e. The number of Topliss-reactive ketones (excluding diaryl/α,β-unsaturated/α-hetero) is 1. The molecular weight excluding hydrogens is 392 g/mol. The number of carbonyl (C=O) groups excluding carboxylic acids is 2. The summed E-state index contributed by atoms with van der Waals surface area (Å²) in [5.74, 6) is -0.386. The minimum atomic E-state index is -4.00. The molecule has 0 bridgehead atoms. The summed E-state index contributed by atoms with van der Waals surface area (Å²) in [5, 5.41) is 7.77. The highest BCUT2D eigenvalue weighted by Gasteiger charge is 2.17. The van der Waals surface area contributed by atoms with Crippen LogP contribution in [0.1, 0.15) is 47.2 Å². The Labute approximate surface area is 170 Å². The number of nitrogens with one attached hydrogen (secondary N) is 1. The first-order valence-electron chi connectivity index (χ1n) is 9.43. The Morgan fingerprint density at radius 3 is 2.45 bits per heavy atom. The van der Waals surface area contributed by atoms with E-state index in [4.69, 9.17) is 9.88 Å². The molecule has 0 fully saturated rings. The number of methoxy groups -OCH3 is 1. The number of sulfonamides is 1. The van der Waals surface area contributed by atoms with E-state index < -0.39 is 10.0 Å². The number of primary sulfonamides is 1. The molecule has 1 aliphatic rings. The number of ether oxygens (including phenoxy) is 1. The summed E-state index contributed by atoms with van der Waals surface area (Å²) >= 11 is 0. The summed E-state index contributed by atoms with van der Waals surface area (Å²) in [6.45, 7) is 0. The minimum absolute atomic E-state index is 0.00729. The van der Waals surface area contributed by atoms with Crippen LogP contribution in [0.5, 0.6) is 5.75 Å². The van der Waals surface area contributed by atoms with Gasteiger partial charge in [-0.1, -0.05) is 12.1 Å². The van der Waals surface area contributed by atoms with Gasteiger partial charge in [0.15, 0.2) is 5.78 Å². The van der Waals surface area contributed by atoms with E-state index in [0.29, 0.717) is 5.56 Å². The van der Waals surface area contributed by atoms with Gasteiger partial charge in [-0.3, -0.25) is 9.59 Å². The maximum Gasteiger partial charge on any atom is 0.241 e. The molecule has 0 spiro atoms. The van der Waals surface area contributed by atoms with Gasteiger partial charge in [-0.05, 0) is 61.1 Å². The first-order valence-corrected chi connectivity index (χ1v) is 11.0. The van der Waals surface area contributed by atoms with E-state index in [1.807, 2.05) is 18.2 Å². The zero-order valence-electron chi connectivity index (χ0n) is 16.2. The van der Waals surface area contributed by atoms with Crippen molar-refractivity contribution in [2.45, 2.75) is 43.4 Å². The number of rotatable bonds is 7. The third kappa shape index (κ3) is 5.21. The summed E-state index contributed by atoms with van der Waals surface area (Å²) in [4.78, 5) is 24.5. The predicted octanol–water partition coefficient (Wildman–Crippen LogP) is 2.82. The monoisotopic (exact) mass is 416 g/mol. The number of ketones is 1. The number of aryl methyl sites for hydroxylation is 2. The van der Waals surface area contributed by atoms with Crippen LogP contribution < -0.4 is 15.2 Å². The molecule has 0 heterocycles. The van der Waals surface area contributed by atoms with Gasteiger partial charge >= 0.3 is 0 Å². The largest absolute Gasteiger partial charge is 0.495 e. The Balaban J connectivity index is 1.62. The quantitative estimate of drug-likeness (QED) is 0.674. The van der Waals surface area contributed by atoms with E-state index >= 15 is 0 Å². The molecule has 0 unspecified atom stereocenters. The number of amides is 1. The van der Waals surface area contributed by atoms with Gasteiger partial charge in [-0.15, -0.1) is 0 Å². The third-order valence-electron chi connectivity index (χ3n) is 5.00. The Bertz CT molecular complexity index is 1050. The Morgan fingerprint density at radius 2 is 1.76 bits per heavy atom. The van der Waals surface area contributed by atoms with Gasteiger partial charge in [0.2, 0.25) is 15.9 Å². The lowest BCUT2D eigenvalue weighted by atomic mass is 9.89. The van der Waals surface area contributed by atoms with Crippen molar-refractivity contribution in [2.75, 3.05) is 12.4 Å². The van der Waals surface area contributed by atoms with Gasteiger partial charge in [0, 0.05) is 24.1 Å². The second-order valence-corrected chi connectivity index (χ2v) is 8.60. The molecule has 7 nitrogen and oxygen atoms in total. The van der Waals surface area contributed by atoms with E-state index in [1.165, 1.54) is 42.9 Å². The van der Waals surface area contributed by atoms with Gasteiger partial charge in [0.1, 0.15) is 10.6 Å². The van der Waals surface area contributed by atoms with E-state index in [9.17, 15) is 18.0 Å². The fraction of sp³-hybridized carbons (Fsp3) is 0.333. The molecular formula is C21H24N2O5S. The summed E-state index contributed by atoms with van der Waals surface area (Å²) in [6, 6.07) is 9.93. The average molecular weight is 416 g/mol. The van der Waals surface area contributed by atoms with Gasteiger partial charge in [0.25, 0.3) is 0 Å². The molecule has 0 saturated heterocycles. The highest BCUT2D eigenvalue weighted by molar-refractivity contribution is 7.89. The molecule has 1 amide bonds. The van der Waals surface area contributed by atoms with Gasteiger partial charge in [-0.2, -0.15) is 0 Å². The van der Waals surface area contributed by atoms with Crippen LogP contribution in [0.15, 0.2) is 41.3 Å². The molecule has 3 N–H and O–H groups in total. The highest BCUT2D eigenvalue weighted by Crippen LogP contribution is 2.26. The molecule has 2 aromatic rings. The Hall–Kier alpha value is -2.71. The summed E-state index contributed by atoms with van der Waals surface area (Å²) in [5.41, 5.74) is 3.41. The smallest absolute Gasteiger partial charge is 0.241 e. The number of anilines is 1. The molecule has 0 saturated carbocycles. The first kappa shape index (κ1) is 21.0. The van der Waals surface area contributed by atoms with Crippen LogP contribution in [0.25, 0.3) is 0 Å². The second-order valence-electron chi connectivity index (χ2n) is 7.07. The fourth-order valence-corrected chi connectivity index (χ4v) is 4.20. The normalized spacial score (nSPS) is 13.4. The molecule has 0 aromatic heterocycles. The molecule has 3 rings (SSSR count). The SMILES string of the molecule is COc1ccc(NC(=O)CCC(=O)c2ccc3c(c2)CCCC3)cc1S(N)(=O)=O. The maximum absolute atomic E-state index is 12.5. The van der Waals surface area contributed by atoms with Crippen molar-refractivity contribution in [1.29, 1.82) is 0 Å². The van der Waals surface area contributed by atoms with Gasteiger partial charge in [0.05, 0.1) is 7.11 Å². The van der Waals surface area contributed by atoms with Crippen LogP contribution in [0.4, 0.5) is 5.69 Å². The molecule has 0 radical (unpaired) electrons. The van der Waals surface area contributed by atoms with Crippen molar-refractivity contribution in [3.8, 4) is 5.75 Å². The first-order chi connectivity index (χ1) is 13.8. The Kier molecular flexibility index (Phi) is 6.34. The summed E-state index contributed by atoms with van der Waals surface area (Å²) in [7, 11) is -2.68. The Morgan fingerprint density at radius 1 is 1.03 bits per heavy atom. The van der Waals surface area contributed by atoms with Crippen molar-refractivity contribution >= 4 is 27.4 Å². The van der Waals surface area contributed by atoms with Crippen LogP contribution in [0.3, 0.4) is 0 Å². The van der Waals surface area contributed by atoms with Crippen LogP contribution in [0.2, 0.25) is 0 Å². The van der Waals surface area contributed by atoms with Crippen LogP contribution in [-0.2, 0) is 27.7 Å². The van der Waals surface area contributed by atoms with Crippen LogP contribution in [-0.4, -0.2) is 27.2 Å². The van der Waals surface area contributed by atoms with Crippen LogP contribution >= 0.6 is 0 Å². The number of hydrogen-bond acceptors (Lipinski definition) is 5. The molecule has 29 heavy (non-hydrogen) atoms. The van der Waals surface area contributed by atoms with E-state index in [0.717, 1.165) is 19.3 Å². The lowest BCUT2D eigenvalue weighted by Gasteiger charge is -2.16. The van der Waals surface area contributed by atoms with Gasteiger partial charge < -0.3 is 10.1 Å². The molecule has 154 valence electrons. The standard InChI is InChI=1S/C21H24N2O5S/c1-28-19-10-8-17(13-20(19)29(22,26)27)23-21(25)11-9-18(24)16-7-6-14-4-2-3-5-15(14)12-16/h6-8,10,12-13H,2-5,9,11H2,1H3,(H,23,25)(H2,22,26,27). The summed E-state index contributed by atoms with van der Waals surface area (Å²) in [6.07, 6.45) is 4.42. The molecule has 1 aliphatic carbocycles. The summed E-state index contributed by atoms with van der Waals surface area (Å²) < 4.78 is 28.3.